The fraction of sp³-hybridized carbons (Fsp3) is 0.368. The number of aliphatic hydroxyl groups excluding tert-OH is 1. The Labute approximate surface area is 138 Å². The van der Waals surface area contributed by atoms with Gasteiger partial charge in [-0.2, -0.15) is 0 Å². The van der Waals surface area contributed by atoms with Crippen molar-refractivity contribution < 1.29 is 9.84 Å². The predicted octanol–water partition coefficient (Wildman–Crippen LogP) is 1.76. The van der Waals surface area contributed by atoms with E-state index in [-0.39, 0.29) is 6.04 Å². The first kappa shape index (κ1) is 17.5. The lowest BCUT2D eigenvalue weighted by Gasteiger charge is -2.19. The van der Waals surface area contributed by atoms with Crippen LogP contribution in [0.1, 0.15) is 11.1 Å². The topological polar surface area (TPSA) is 67.5 Å². The van der Waals surface area contributed by atoms with E-state index in [0.29, 0.717) is 13.0 Å². The molecule has 0 radical (unpaired) electrons. The van der Waals surface area contributed by atoms with E-state index < -0.39 is 6.10 Å². The van der Waals surface area contributed by atoms with Crippen LogP contribution in [0.2, 0.25) is 0 Å². The Morgan fingerprint density at radius 1 is 1.04 bits per heavy atom. The molecule has 0 bridgehead atoms. The van der Waals surface area contributed by atoms with Crippen LogP contribution < -0.4 is 15.8 Å². The number of ether oxygens (including phenoxy) is 1. The van der Waals surface area contributed by atoms with E-state index in [1.54, 1.807) is 7.11 Å². The van der Waals surface area contributed by atoms with Crippen molar-refractivity contribution in [2.75, 3.05) is 20.2 Å². The SMILES string of the molecule is COc1ccc(CCNC[C@@H](O)[C@@H](N)Cc2ccccc2)cc1. The second-order valence-electron chi connectivity index (χ2n) is 5.72. The maximum absolute atomic E-state index is 10.1. The van der Waals surface area contributed by atoms with E-state index in [9.17, 15) is 5.11 Å². The monoisotopic (exact) mass is 314 g/mol. The molecule has 0 saturated carbocycles. The Bertz CT molecular complexity index is 557. The molecule has 4 nitrogen and oxygen atoms in total. The van der Waals surface area contributed by atoms with Crippen molar-refractivity contribution in [2.24, 2.45) is 5.73 Å². The van der Waals surface area contributed by atoms with Gasteiger partial charge in [-0.15, -0.1) is 0 Å². The van der Waals surface area contributed by atoms with Crippen LogP contribution in [-0.2, 0) is 12.8 Å². The summed E-state index contributed by atoms with van der Waals surface area (Å²) in [6.07, 6.45) is 1.04. The fourth-order valence-electron chi connectivity index (χ4n) is 2.45. The first-order valence-corrected chi connectivity index (χ1v) is 8.00. The molecule has 0 heterocycles. The Balaban J connectivity index is 1.66. The molecular weight excluding hydrogens is 288 g/mol. The summed E-state index contributed by atoms with van der Waals surface area (Å²) < 4.78 is 5.14. The van der Waals surface area contributed by atoms with E-state index in [0.717, 1.165) is 24.3 Å². The molecule has 0 aromatic heterocycles. The average molecular weight is 314 g/mol. The highest BCUT2D eigenvalue weighted by Crippen LogP contribution is 2.11. The van der Waals surface area contributed by atoms with Gasteiger partial charge >= 0.3 is 0 Å². The summed E-state index contributed by atoms with van der Waals surface area (Å²) in [6.45, 7) is 1.31. The van der Waals surface area contributed by atoms with Gasteiger partial charge in [0.2, 0.25) is 0 Å². The molecule has 0 spiro atoms. The minimum absolute atomic E-state index is 0.258. The third-order valence-electron chi connectivity index (χ3n) is 3.91. The number of nitrogens with two attached hydrogens (primary N) is 1. The Morgan fingerprint density at radius 2 is 1.74 bits per heavy atom. The highest BCUT2D eigenvalue weighted by molar-refractivity contribution is 5.27. The Hall–Kier alpha value is -1.88. The summed E-state index contributed by atoms with van der Waals surface area (Å²) in [7, 11) is 1.66. The van der Waals surface area contributed by atoms with Gasteiger partial charge in [-0.25, -0.2) is 0 Å². The van der Waals surface area contributed by atoms with Gasteiger partial charge in [-0.3, -0.25) is 0 Å². The van der Waals surface area contributed by atoms with Gasteiger partial charge in [-0.05, 0) is 42.6 Å². The van der Waals surface area contributed by atoms with Crippen molar-refractivity contribution in [3.63, 3.8) is 0 Å². The summed E-state index contributed by atoms with van der Waals surface area (Å²) in [5.74, 6) is 0.865. The van der Waals surface area contributed by atoms with Crippen LogP contribution in [0.4, 0.5) is 0 Å². The van der Waals surface area contributed by atoms with Gasteiger partial charge in [-0.1, -0.05) is 42.5 Å². The molecule has 4 N–H and O–H groups in total. The number of hydrogen-bond acceptors (Lipinski definition) is 4. The van der Waals surface area contributed by atoms with Gasteiger partial charge < -0.3 is 20.9 Å². The number of rotatable bonds is 9. The molecule has 0 saturated heterocycles. The molecule has 0 aliphatic carbocycles. The van der Waals surface area contributed by atoms with E-state index in [4.69, 9.17) is 10.5 Å². The summed E-state index contributed by atoms with van der Waals surface area (Å²) in [5.41, 5.74) is 8.46. The van der Waals surface area contributed by atoms with Gasteiger partial charge in [0, 0.05) is 12.6 Å². The zero-order valence-electron chi connectivity index (χ0n) is 13.6. The Kier molecular flexibility index (Phi) is 7.07. The van der Waals surface area contributed by atoms with Crippen molar-refractivity contribution in [2.45, 2.75) is 25.0 Å². The molecule has 0 unspecified atom stereocenters. The lowest BCUT2D eigenvalue weighted by Crippen LogP contribution is -2.43. The molecule has 23 heavy (non-hydrogen) atoms. The van der Waals surface area contributed by atoms with Crippen LogP contribution in [0.3, 0.4) is 0 Å². The molecule has 2 aromatic carbocycles. The largest absolute Gasteiger partial charge is 0.497 e. The average Bonchev–Trinajstić information content (AvgIpc) is 2.60. The zero-order chi connectivity index (χ0) is 16.5. The molecule has 4 heteroatoms. The maximum atomic E-state index is 10.1. The first-order valence-electron chi connectivity index (χ1n) is 8.00. The van der Waals surface area contributed by atoms with Gasteiger partial charge in [0.15, 0.2) is 0 Å². The highest BCUT2D eigenvalue weighted by Gasteiger charge is 2.14. The molecular formula is C19H26N2O2. The van der Waals surface area contributed by atoms with Crippen LogP contribution in [-0.4, -0.2) is 37.5 Å². The van der Waals surface area contributed by atoms with E-state index in [2.05, 4.69) is 17.4 Å². The normalized spacial score (nSPS) is 13.5. The van der Waals surface area contributed by atoms with Crippen molar-refractivity contribution in [3.05, 3.63) is 65.7 Å². The minimum atomic E-state index is -0.550. The number of hydrogen-bond donors (Lipinski definition) is 3. The molecule has 124 valence electrons. The van der Waals surface area contributed by atoms with Crippen molar-refractivity contribution in [1.29, 1.82) is 0 Å². The van der Waals surface area contributed by atoms with Crippen LogP contribution in [0.5, 0.6) is 5.75 Å². The predicted molar refractivity (Wildman–Crippen MR) is 93.7 cm³/mol. The van der Waals surface area contributed by atoms with Crippen molar-refractivity contribution in [1.82, 2.24) is 5.32 Å². The number of nitrogens with one attached hydrogen (secondary N) is 1. The van der Waals surface area contributed by atoms with Gasteiger partial charge in [0.1, 0.15) is 5.75 Å². The molecule has 0 fully saturated rings. The number of benzene rings is 2. The highest BCUT2D eigenvalue weighted by atomic mass is 16.5. The van der Waals surface area contributed by atoms with E-state index in [1.165, 1.54) is 5.56 Å². The molecule has 0 amide bonds. The maximum Gasteiger partial charge on any atom is 0.118 e. The molecule has 0 aliphatic heterocycles. The standard InChI is InChI=1S/C19H26N2O2/c1-23-17-9-7-15(8-10-17)11-12-21-14-19(22)18(20)13-16-5-3-2-4-6-16/h2-10,18-19,21-22H,11-14,20H2,1H3/t18-,19+/m0/s1. The number of aliphatic hydroxyl groups is 1. The quantitative estimate of drug-likeness (QED) is 0.617. The molecule has 2 aromatic rings. The van der Waals surface area contributed by atoms with Crippen LogP contribution in [0.25, 0.3) is 0 Å². The summed E-state index contributed by atoms with van der Waals surface area (Å²) in [6, 6.07) is 17.8. The smallest absolute Gasteiger partial charge is 0.118 e. The lowest BCUT2D eigenvalue weighted by molar-refractivity contribution is 0.142. The molecule has 2 atom stereocenters. The van der Waals surface area contributed by atoms with Gasteiger partial charge in [0.05, 0.1) is 13.2 Å². The lowest BCUT2D eigenvalue weighted by atomic mass is 10.0. The molecule has 0 aliphatic rings. The third kappa shape index (κ3) is 6.02. The first-order chi connectivity index (χ1) is 11.2. The van der Waals surface area contributed by atoms with E-state index >= 15 is 0 Å². The van der Waals surface area contributed by atoms with Crippen molar-refractivity contribution >= 4 is 0 Å². The summed E-state index contributed by atoms with van der Waals surface area (Å²) in [5, 5.41) is 13.4. The second-order valence-corrected chi connectivity index (χ2v) is 5.72. The second kappa shape index (κ2) is 9.30. The third-order valence-corrected chi connectivity index (χ3v) is 3.91. The van der Waals surface area contributed by atoms with Gasteiger partial charge in [0.25, 0.3) is 0 Å². The fourth-order valence-corrected chi connectivity index (χ4v) is 2.45. The minimum Gasteiger partial charge on any atom is -0.497 e. The Morgan fingerprint density at radius 3 is 2.39 bits per heavy atom. The van der Waals surface area contributed by atoms with Crippen molar-refractivity contribution in [3.8, 4) is 5.75 Å². The van der Waals surface area contributed by atoms with Crippen LogP contribution in [0.15, 0.2) is 54.6 Å². The van der Waals surface area contributed by atoms with Crippen LogP contribution >= 0.6 is 0 Å². The van der Waals surface area contributed by atoms with E-state index in [1.807, 2.05) is 42.5 Å². The molecule has 2 rings (SSSR count). The summed E-state index contributed by atoms with van der Waals surface area (Å²) in [4.78, 5) is 0. The number of methoxy groups -OCH3 is 1. The zero-order valence-corrected chi connectivity index (χ0v) is 13.6. The van der Waals surface area contributed by atoms with Crippen LogP contribution in [0, 0.1) is 0 Å². The summed E-state index contributed by atoms with van der Waals surface area (Å²) >= 11 is 0.